The zero-order chi connectivity index (χ0) is 14.0. The van der Waals surface area contributed by atoms with E-state index in [2.05, 4.69) is 15.0 Å². The smallest absolute Gasteiger partial charge is 0.241 e. The van der Waals surface area contributed by atoms with Crippen molar-refractivity contribution in [3.8, 4) is 0 Å². The van der Waals surface area contributed by atoms with E-state index in [1.165, 1.54) is 0 Å². The lowest BCUT2D eigenvalue weighted by atomic mass is 10.1. The molecule has 1 aromatic heterocycles. The Morgan fingerprint density at radius 1 is 1.30 bits per heavy atom. The lowest BCUT2D eigenvalue weighted by Gasteiger charge is -2.23. The van der Waals surface area contributed by atoms with Crippen LogP contribution in [0.3, 0.4) is 0 Å². The highest BCUT2D eigenvalue weighted by atomic mass is 32.2. The minimum atomic E-state index is -3.50. The van der Waals surface area contributed by atoms with Crippen LogP contribution < -0.4 is 10.0 Å². The summed E-state index contributed by atoms with van der Waals surface area (Å²) in [6.45, 7) is 1.64. The lowest BCUT2D eigenvalue weighted by molar-refractivity contribution is 0.429. The van der Waals surface area contributed by atoms with Crippen LogP contribution in [0.25, 0.3) is 10.8 Å². The third kappa shape index (κ3) is 2.67. The van der Waals surface area contributed by atoms with Crippen molar-refractivity contribution < 1.29 is 8.42 Å². The Labute approximate surface area is 118 Å². The van der Waals surface area contributed by atoms with Gasteiger partial charge in [-0.05, 0) is 31.5 Å². The molecule has 1 aliphatic heterocycles. The third-order valence-electron chi connectivity index (χ3n) is 3.55. The van der Waals surface area contributed by atoms with Crippen molar-refractivity contribution in [2.75, 3.05) is 13.1 Å². The third-order valence-corrected chi connectivity index (χ3v) is 5.13. The number of nitrogens with zero attached hydrogens (tertiary/aromatic N) is 1. The van der Waals surface area contributed by atoms with Gasteiger partial charge in [0.1, 0.15) is 0 Å². The Hall–Kier alpha value is -1.50. The van der Waals surface area contributed by atoms with E-state index in [4.69, 9.17) is 0 Å². The van der Waals surface area contributed by atoms with Gasteiger partial charge in [-0.15, -0.1) is 0 Å². The van der Waals surface area contributed by atoms with E-state index >= 15 is 0 Å². The van der Waals surface area contributed by atoms with Crippen molar-refractivity contribution in [2.24, 2.45) is 0 Å². The van der Waals surface area contributed by atoms with E-state index in [9.17, 15) is 8.42 Å². The standard InChI is InChI=1S/C14H17N3O2S/c18-20(19,17-12-4-2-7-15-10-12)14-5-1-3-11-9-16-8-6-13(11)14/h1,3,5-6,8-9,12,15,17H,2,4,7,10H2/t12-/m0/s1. The quantitative estimate of drug-likeness (QED) is 0.893. The highest BCUT2D eigenvalue weighted by Crippen LogP contribution is 2.22. The van der Waals surface area contributed by atoms with Crippen molar-refractivity contribution in [3.63, 3.8) is 0 Å². The van der Waals surface area contributed by atoms with Gasteiger partial charge in [-0.2, -0.15) is 0 Å². The summed E-state index contributed by atoms with van der Waals surface area (Å²) >= 11 is 0. The van der Waals surface area contributed by atoms with Crippen LogP contribution >= 0.6 is 0 Å². The first-order valence-electron chi connectivity index (χ1n) is 6.72. The summed E-state index contributed by atoms with van der Waals surface area (Å²) in [6, 6.07) is 6.95. The van der Waals surface area contributed by atoms with Gasteiger partial charge in [0.2, 0.25) is 10.0 Å². The SMILES string of the molecule is O=S(=O)(N[C@H]1CCCNC1)c1cccc2cnccc12. The second-order valence-corrected chi connectivity index (χ2v) is 6.70. The summed E-state index contributed by atoms with van der Waals surface area (Å²) in [7, 11) is -3.50. The molecule has 106 valence electrons. The van der Waals surface area contributed by atoms with Crippen molar-refractivity contribution in [1.29, 1.82) is 0 Å². The highest BCUT2D eigenvalue weighted by Gasteiger charge is 2.23. The van der Waals surface area contributed by atoms with Crippen molar-refractivity contribution in [3.05, 3.63) is 36.7 Å². The summed E-state index contributed by atoms with van der Waals surface area (Å²) in [6.07, 6.45) is 5.16. The molecule has 3 rings (SSSR count). The molecule has 5 nitrogen and oxygen atoms in total. The second kappa shape index (κ2) is 5.47. The van der Waals surface area contributed by atoms with E-state index in [-0.39, 0.29) is 6.04 Å². The average molecular weight is 291 g/mol. The Kier molecular flexibility index (Phi) is 3.69. The molecule has 2 heterocycles. The Morgan fingerprint density at radius 2 is 2.20 bits per heavy atom. The number of pyridine rings is 1. The van der Waals surface area contributed by atoms with Gasteiger partial charge in [0, 0.05) is 35.8 Å². The summed E-state index contributed by atoms with van der Waals surface area (Å²) in [5, 5.41) is 4.75. The molecule has 0 aliphatic carbocycles. The van der Waals surface area contributed by atoms with Gasteiger partial charge in [0.25, 0.3) is 0 Å². The molecular weight excluding hydrogens is 274 g/mol. The van der Waals surface area contributed by atoms with Crippen molar-refractivity contribution in [2.45, 2.75) is 23.8 Å². The number of fused-ring (bicyclic) bond motifs is 1. The number of hydrogen-bond acceptors (Lipinski definition) is 4. The molecule has 2 N–H and O–H groups in total. The average Bonchev–Trinajstić information content (AvgIpc) is 2.47. The zero-order valence-corrected chi connectivity index (χ0v) is 11.9. The summed E-state index contributed by atoms with van der Waals surface area (Å²) < 4.78 is 27.9. The van der Waals surface area contributed by atoms with Gasteiger partial charge in [0.05, 0.1) is 4.90 Å². The minimum Gasteiger partial charge on any atom is -0.315 e. The number of sulfonamides is 1. The number of nitrogens with one attached hydrogen (secondary N) is 2. The van der Waals surface area contributed by atoms with E-state index < -0.39 is 10.0 Å². The molecule has 1 saturated heterocycles. The number of benzene rings is 1. The molecule has 1 aliphatic rings. The predicted molar refractivity (Wildman–Crippen MR) is 78.0 cm³/mol. The second-order valence-electron chi connectivity index (χ2n) is 5.02. The molecule has 0 unspecified atom stereocenters. The zero-order valence-electron chi connectivity index (χ0n) is 11.0. The van der Waals surface area contributed by atoms with Crippen molar-refractivity contribution in [1.82, 2.24) is 15.0 Å². The van der Waals surface area contributed by atoms with Gasteiger partial charge in [0.15, 0.2) is 0 Å². The molecule has 1 aromatic carbocycles. The fourth-order valence-electron chi connectivity index (χ4n) is 2.56. The van der Waals surface area contributed by atoms with Crippen LogP contribution in [-0.4, -0.2) is 32.5 Å². The molecule has 0 radical (unpaired) electrons. The van der Waals surface area contributed by atoms with Crippen LogP contribution in [0.5, 0.6) is 0 Å². The molecular formula is C14H17N3O2S. The minimum absolute atomic E-state index is 0.0363. The fraction of sp³-hybridized carbons (Fsp3) is 0.357. The normalized spacial score (nSPS) is 20.1. The van der Waals surface area contributed by atoms with Crippen LogP contribution in [0.1, 0.15) is 12.8 Å². The highest BCUT2D eigenvalue weighted by molar-refractivity contribution is 7.89. The van der Waals surface area contributed by atoms with Gasteiger partial charge < -0.3 is 5.32 Å². The molecule has 0 amide bonds. The monoisotopic (exact) mass is 291 g/mol. The molecule has 1 fully saturated rings. The summed E-state index contributed by atoms with van der Waals surface area (Å²) in [5.74, 6) is 0. The molecule has 1 atom stereocenters. The van der Waals surface area contributed by atoms with Gasteiger partial charge >= 0.3 is 0 Å². The van der Waals surface area contributed by atoms with Crippen LogP contribution in [0.15, 0.2) is 41.6 Å². The van der Waals surface area contributed by atoms with E-state index in [0.29, 0.717) is 16.8 Å². The van der Waals surface area contributed by atoms with Gasteiger partial charge in [-0.1, -0.05) is 12.1 Å². The Morgan fingerprint density at radius 3 is 3.00 bits per heavy atom. The van der Waals surface area contributed by atoms with Gasteiger partial charge in [-0.25, -0.2) is 13.1 Å². The first-order chi connectivity index (χ1) is 9.67. The van der Waals surface area contributed by atoms with E-state index in [0.717, 1.165) is 24.8 Å². The molecule has 0 bridgehead atoms. The number of piperidine rings is 1. The maximum atomic E-state index is 12.6. The molecule has 0 spiro atoms. The number of hydrogen-bond donors (Lipinski definition) is 2. The first-order valence-corrected chi connectivity index (χ1v) is 8.21. The predicted octanol–water partition coefficient (Wildman–Crippen LogP) is 1.27. The Balaban J connectivity index is 1.96. The largest absolute Gasteiger partial charge is 0.315 e. The maximum Gasteiger partial charge on any atom is 0.241 e. The van der Waals surface area contributed by atoms with E-state index in [1.807, 2.05) is 6.07 Å². The summed E-state index contributed by atoms with van der Waals surface area (Å²) in [4.78, 5) is 4.35. The lowest BCUT2D eigenvalue weighted by Crippen LogP contribution is -2.45. The summed E-state index contributed by atoms with van der Waals surface area (Å²) in [5.41, 5.74) is 0. The van der Waals surface area contributed by atoms with Crippen LogP contribution in [0.4, 0.5) is 0 Å². The number of rotatable bonds is 3. The fourth-order valence-corrected chi connectivity index (χ4v) is 4.06. The Bertz CT molecular complexity index is 704. The van der Waals surface area contributed by atoms with E-state index in [1.54, 1.807) is 30.6 Å². The topological polar surface area (TPSA) is 71.1 Å². The molecule has 6 heteroatoms. The maximum absolute atomic E-state index is 12.6. The number of aromatic nitrogens is 1. The molecule has 20 heavy (non-hydrogen) atoms. The van der Waals surface area contributed by atoms with Crippen LogP contribution in [0.2, 0.25) is 0 Å². The molecule has 0 saturated carbocycles. The van der Waals surface area contributed by atoms with Crippen molar-refractivity contribution >= 4 is 20.8 Å². The van der Waals surface area contributed by atoms with Gasteiger partial charge in [-0.3, -0.25) is 4.98 Å². The van der Waals surface area contributed by atoms with Crippen LogP contribution in [-0.2, 0) is 10.0 Å². The first kappa shape index (κ1) is 13.5. The molecule has 2 aromatic rings. The van der Waals surface area contributed by atoms with Crippen LogP contribution in [0, 0.1) is 0 Å².